The lowest BCUT2D eigenvalue weighted by Crippen LogP contribution is -2.02. The Morgan fingerprint density at radius 3 is 2.77 bits per heavy atom. The fraction of sp³-hybridized carbons (Fsp3) is 0.300. The van der Waals surface area contributed by atoms with Gasteiger partial charge in [-0.25, -0.2) is 0 Å². The predicted octanol–water partition coefficient (Wildman–Crippen LogP) is 2.97. The summed E-state index contributed by atoms with van der Waals surface area (Å²) in [5.74, 6) is 0. The topological polar surface area (TPSA) is 26.0 Å². The van der Waals surface area contributed by atoms with Crippen LogP contribution in [0.25, 0.3) is 0 Å². The van der Waals surface area contributed by atoms with Crippen LogP contribution in [0.4, 0.5) is 0 Å². The first-order valence-corrected chi connectivity index (χ1v) is 5.51. The molecule has 2 N–H and O–H groups in total. The molecule has 0 atom stereocenters. The van der Waals surface area contributed by atoms with E-state index in [-0.39, 0.29) is 0 Å². The number of benzene rings is 1. The maximum Gasteiger partial charge on any atom is 0.136 e. The molecule has 0 aliphatic heterocycles. The molecule has 0 saturated carbocycles. The summed E-state index contributed by atoms with van der Waals surface area (Å²) in [6.07, 6.45) is 2.24. The molecule has 1 aromatic rings. The van der Waals surface area contributed by atoms with Gasteiger partial charge >= 0.3 is 0 Å². The molecule has 0 aliphatic rings. The standard InChI is InChI=1S/C10H13NS2/c1-2-5-8-6-3-4-7-9(8)13-10(11)12/h3-4,6-7H,2,5H2,1H3,(H2,11,12). The molecule has 0 saturated heterocycles. The number of hydrogen-bond donors (Lipinski definition) is 1. The highest BCUT2D eigenvalue weighted by Crippen LogP contribution is 2.23. The number of rotatable bonds is 3. The summed E-state index contributed by atoms with van der Waals surface area (Å²) in [5.41, 5.74) is 6.82. The van der Waals surface area contributed by atoms with Crippen LogP contribution in [0, 0.1) is 0 Å². The molecule has 70 valence electrons. The first-order valence-electron chi connectivity index (χ1n) is 4.29. The second-order valence-electron chi connectivity index (χ2n) is 2.78. The van der Waals surface area contributed by atoms with Crippen LogP contribution < -0.4 is 5.73 Å². The van der Waals surface area contributed by atoms with E-state index in [0.29, 0.717) is 4.32 Å². The van der Waals surface area contributed by atoms with Gasteiger partial charge in [-0.05, 0) is 18.1 Å². The van der Waals surface area contributed by atoms with Crippen LogP contribution in [-0.2, 0) is 6.42 Å². The van der Waals surface area contributed by atoms with Gasteiger partial charge in [-0.3, -0.25) is 0 Å². The third-order valence-electron chi connectivity index (χ3n) is 1.70. The monoisotopic (exact) mass is 211 g/mol. The van der Waals surface area contributed by atoms with Gasteiger partial charge in [0.25, 0.3) is 0 Å². The minimum absolute atomic E-state index is 0.489. The quantitative estimate of drug-likeness (QED) is 0.615. The zero-order valence-electron chi connectivity index (χ0n) is 7.62. The van der Waals surface area contributed by atoms with Crippen molar-refractivity contribution in [3.63, 3.8) is 0 Å². The van der Waals surface area contributed by atoms with Crippen molar-refractivity contribution in [1.29, 1.82) is 0 Å². The van der Waals surface area contributed by atoms with Crippen LogP contribution in [0.15, 0.2) is 29.2 Å². The van der Waals surface area contributed by atoms with Crippen molar-refractivity contribution in [2.45, 2.75) is 24.7 Å². The van der Waals surface area contributed by atoms with Gasteiger partial charge in [-0.1, -0.05) is 55.5 Å². The molecule has 1 aromatic carbocycles. The SMILES string of the molecule is CCCc1ccccc1SC(N)=S. The van der Waals surface area contributed by atoms with Crippen molar-refractivity contribution in [2.24, 2.45) is 5.73 Å². The van der Waals surface area contributed by atoms with Gasteiger partial charge in [0.05, 0.1) is 0 Å². The Labute approximate surface area is 88.7 Å². The van der Waals surface area contributed by atoms with E-state index < -0.39 is 0 Å². The van der Waals surface area contributed by atoms with E-state index in [1.807, 2.05) is 6.07 Å². The highest BCUT2D eigenvalue weighted by molar-refractivity contribution is 8.23. The average Bonchev–Trinajstić information content (AvgIpc) is 2.08. The molecule has 0 amide bonds. The molecule has 0 spiro atoms. The first-order chi connectivity index (χ1) is 6.24. The Balaban J connectivity index is 2.84. The van der Waals surface area contributed by atoms with Crippen LogP contribution >= 0.6 is 24.0 Å². The van der Waals surface area contributed by atoms with Crippen LogP contribution in [0.5, 0.6) is 0 Å². The fourth-order valence-corrected chi connectivity index (χ4v) is 2.12. The zero-order valence-corrected chi connectivity index (χ0v) is 9.25. The molecule has 3 heteroatoms. The van der Waals surface area contributed by atoms with E-state index in [9.17, 15) is 0 Å². The summed E-state index contributed by atoms with van der Waals surface area (Å²) in [4.78, 5) is 1.19. The number of thioether (sulfide) groups is 1. The van der Waals surface area contributed by atoms with E-state index in [1.54, 1.807) is 0 Å². The molecule has 0 unspecified atom stereocenters. The molecule has 0 aromatic heterocycles. The normalized spacial score (nSPS) is 9.92. The summed E-state index contributed by atoms with van der Waals surface area (Å²) in [6.45, 7) is 2.17. The molecule has 0 radical (unpaired) electrons. The molecular weight excluding hydrogens is 198 g/mol. The molecule has 1 rings (SSSR count). The first kappa shape index (κ1) is 10.5. The van der Waals surface area contributed by atoms with Gasteiger partial charge in [-0.15, -0.1) is 0 Å². The Kier molecular flexibility index (Phi) is 4.25. The summed E-state index contributed by atoms with van der Waals surface area (Å²) >= 11 is 6.34. The van der Waals surface area contributed by atoms with Crippen molar-refractivity contribution in [2.75, 3.05) is 0 Å². The fourth-order valence-electron chi connectivity index (χ4n) is 1.19. The van der Waals surface area contributed by atoms with Gasteiger partial charge in [0.2, 0.25) is 0 Å². The minimum atomic E-state index is 0.489. The number of thiocarbonyl (C=S) groups is 1. The van der Waals surface area contributed by atoms with E-state index in [4.69, 9.17) is 18.0 Å². The van der Waals surface area contributed by atoms with E-state index >= 15 is 0 Å². The molecule has 0 bridgehead atoms. The lowest BCUT2D eigenvalue weighted by atomic mass is 10.1. The molecular formula is C10H13NS2. The van der Waals surface area contributed by atoms with E-state index in [2.05, 4.69) is 25.1 Å². The van der Waals surface area contributed by atoms with Gasteiger partial charge in [0.1, 0.15) is 4.32 Å². The third kappa shape index (κ3) is 3.36. The molecule has 0 heterocycles. The lowest BCUT2D eigenvalue weighted by molar-refractivity contribution is 0.901. The van der Waals surface area contributed by atoms with Gasteiger partial charge in [-0.2, -0.15) is 0 Å². The second kappa shape index (κ2) is 5.25. The maximum atomic E-state index is 5.48. The van der Waals surface area contributed by atoms with Crippen LogP contribution in [-0.4, -0.2) is 4.32 Å². The van der Waals surface area contributed by atoms with E-state index in [1.165, 1.54) is 22.2 Å². The Hall–Kier alpha value is -0.540. The Morgan fingerprint density at radius 1 is 1.46 bits per heavy atom. The van der Waals surface area contributed by atoms with Crippen molar-refractivity contribution in [3.8, 4) is 0 Å². The minimum Gasteiger partial charge on any atom is -0.384 e. The third-order valence-corrected chi connectivity index (χ3v) is 2.77. The summed E-state index contributed by atoms with van der Waals surface area (Å²) in [7, 11) is 0. The zero-order chi connectivity index (χ0) is 9.68. The highest BCUT2D eigenvalue weighted by Gasteiger charge is 2.01. The van der Waals surface area contributed by atoms with Crippen molar-refractivity contribution < 1.29 is 0 Å². The van der Waals surface area contributed by atoms with Gasteiger partial charge < -0.3 is 5.73 Å². The number of nitrogens with two attached hydrogens (primary N) is 1. The maximum absolute atomic E-state index is 5.48. The second-order valence-corrected chi connectivity index (χ2v) is 4.56. The van der Waals surface area contributed by atoms with Crippen molar-refractivity contribution >= 4 is 28.3 Å². The summed E-state index contributed by atoms with van der Waals surface area (Å²) < 4.78 is 0.489. The Morgan fingerprint density at radius 2 is 2.15 bits per heavy atom. The molecule has 0 fully saturated rings. The van der Waals surface area contributed by atoms with Crippen molar-refractivity contribution in [3.05, 3.63) is 29.8 Å². The van der Waals surface area contributed by atoms with Crippen LogP contribution in [0.3, 0.4) is 0 Å². The summed E-state index contributed by atoms with van der Waals surface area (Å²) in [6, 6.07) is 8.26. The number of aryl methyl sites for hydroxylation is 1. The molecule has 13 heavy (non-hydrogen) atoms. The Bertz CT molecular complexity index is 297. The lowest BCUT2D eigenvalue weighted by Gasteiger charge is -2.05. The smallest absolute Gasteiger partial charge is 0.136 e. The average molecular weight is 211 g/mol. The highest BCUT2D eigenvalue weighted by atomic mass is 32.2. The number of hydrogen-bond acceptors (Lipinski definition) is 2. The predicted molar refractivity (Wildman–Crippen MR) is 63.1 cm³/mol. The van der Waals surface area contributed by atoms with Crippen LogP contribution in [0.1, 0.15) is 18.9 Å². The van der Waals surface area contributed by atoms with Gasteiger partial charge in [0.15, 0.2) is 0 Å². The van der Waals surface area contributed by atoms with Crippen LogP contribution in [0.2, 0.25) is 0 Å². The summed E-state index contributed by atoms with van der Waals surface area (Å²) in [5, 5.41) is 0. The largest absolute Gasteiger partial charge is 0.384 e. The molecule has 0 aliphatic carbocycles. The molecule has 1 nitrogen and oxygen atoms in total. The van der Waals surface area contributed by atoms with Crippen molar-refractivity contribution in [1.82, 2.24) is 0 Å². The van der Waals surface area contributed by atoms with E-state index in [0.717, 1.165) is 12.8 Å². The van der Waals surface area contributed by atoms with Gasteiger partial charge in [0, 0.05) is 4.90 Å².